The third kappa shape index (κ3) is 4.71. The molecule has 0 spiro atoms. The van der Waals surface area contributed by atoms with Crippen LogP contribution in [0.4, 0.5) is 0 Å². The van der Waals surface area contributed by atoms with Gasteiger partial charge in [0.1, 0.15) is 6.10 Å². The van der Waals surface area contributed by atoms with Gasteiger partial charge >= 0.3 is 5.97 Å². The molecule has 198 valence electrons. The van der Waals surface area contributed by atoms with Crippen molar-refractivity contribution in [2.75, 3.05) is 0 Å². The van der Waals surface area contributed by atoms with Gasteiger partial charge in [0.05, 0.1) is 5.56 Å². The third-order valence-electron chi connectivity index (χ3n) is 11.5. The molecule has 3 saturated carbocycles. The van der Waals surface area contributed by atoms with E-state index in [1.54, 1.807) is 5.57 Å². The smallest absolute Gasteiger partial charge is 0.338 e. The van der Waals surface area contributed by atoms with Crippen molar-refractivity contribution in [3.8, 4) is 0 Å². The fourth-order valence-electron chi connectivity index (χ4n) is 9.59. The lowest BCUT2D eigenvalue weighted by atomic mass is 9.46. The molecular weight excluding hydrogens is 440 g/mol. The van der Waals surface area contributed by atoms with E-state index in [0.717, 1.165) is 41.9 Å². The molecule has 0 unspecified atom stereocenters. The number of rotatable bonds is 7. The maximum atomic E-state index is 12.7. The van der Waals surface area contributed by atoms with Gasteiger partial charge in [0.15, 0.2) is 0 Å². The molecule has 1 aromatic rings. The fourth-order valence-corrected chi connectivity index (χ4v) is 9.59. The number of hydrogen-bond donors (Lipinski definition) is 0. The normalized spacial score (nSPS) is 38.5. The van der Waals surface area contributed by atoms with E-state index < -0.39 is 0 Å². The Morgan fingerprint density at radius 1 is 0.944 bits per heavy atom. The lowest BCUT2D eigenvalue weighted by Crippen LogP contribution is -2.51. The first-order chi connectivity index (χ1) is 17.2. The molecule has 0 saturated heterocycles. The molecule has 0 aliphatic heterocycles. The Balaban J connectivity index is 1.26. The summed E-state index contributed by atoms with van der Waals surface area (Å²) in [5.74, 6) is 5.08. The summed E-state index contributed by atoms with van der Waals surface area (Å²) in [6, 6.07) is 9.47. The summed E-state index contributed by atoms with van der Waals surface area (Å²) in [4.78, 5) is 12.7. The summed E-state index contributed by atoms with van der Waals surface area (Å²) >= 11 is 0. The van der Waals surface area contributed by atoms with Crippen LogP contribution < -0.4 is 0 Å². The number of benzene rings is 1. The Morgan fingerprint density at radius 3 is 2.47 bits per heavy atom. The van der Waals surface area contributed by atoms with Crippen LogP contribution in [0.1, 0.15) is 116 Å². The number of fused-ring (bicyclic) bond motifs is 5. The van der Waals surface area contributed by atoms with Crippen molar-refractivity contribution < 1.29 is 9.53 Å². The van der Waals surface area contributed by atoms with Crippen molar-refractivity contribution in [3.05, 3.63) is 47.5 Å². The largest absolute Gasteiger partial charge is 0.455 e. The second-order valence-corrected chi connectivity index (χ2v) is 13.9. The Labute approximate surface area is 220 Å². The molecule has 0 N–H and O–H groups in total. The van der Waals surface area contributed by atoms with E-state index in [1.165, 1.54) is 64.2 Å². The lowest BCUT2D eigenvalue weighted by molar-refractivity contribution is -0.0635. The van der Waals surface area contributed by atoms with Gasteiger partial charge < -0.3 is 4.74 Å². The van der Waals surface area contributed by atoms with Crippen LogP contribution in [0.3, 0.4) is 0 Å². The molecule has 3 fully saturated rings. The van der Waals surface area contributed by atoms with Gasteiger partial charge in [-0.25, -0.2) is 4.79 Å². The maximum Gasteiger partial charge on any atom is 0.338 e. The number of hydrogen-bond acceptors (Lipinski definition) is 2. The molecule has 0 heterocycles. The second-order valence-electron chi connectivity index (χ2n) is 13.9. The molecule has 36 heavy (non-hydrogen) atoms. The molecule has 1 aromatic carbocycles. The van der Waals surface area contributed by atoms with E-state index in [-0.39, 0.29) is 12.1 Å². The van der Waals surface area contributed by atoms with E-state index in [0.29, 0.717) is 16.4 Å². The van der Waals surface area contributed by atoms with Crippen molar-refractivity contribution in [1.82, 2.24) is 0 Å². The number of esters is 1. The predicted octanol–water partition coefficient (Wildman–Crippen LogP) is 9.25. The van der Waals surface area contributed by atoms with Crippen LogP contribution in [0.25, 0.3) is 0 Å². The van der Waals surface area contributed by atoms with Crippen molar-refractivity contribution >= 4 is 5.97 Å². The third-order valence-corrected chi connectivity index (χ3v) is 11.5. The van der Waals surface area contributed by atoms with Crippen LogP contribution in [0, 0.1) is 46.3 Å². The summed E-state index contributed by atoms with van der Waals surface area (Å²) in [6.45, 7) is 12.6. The highest BCUT2D eigenvalue weighted by Gasteiger charge is 2.59. The SMILES string of the molecule is CC(C)CCC[C@@H](C)[C@@H]1CC[C@@H]2[C@H]3CCC4=C[C@@H](OC(=O)c5ccccc5)CC[C@]4(C)[C@@H]3CC[C@@]21C. The molecule has 2 nitrogen and oxygen atoms in total. The van der Waals surface area contributed by atoms with Crippen LogP contribution in [0.2, 0.25) is 0 Å². The van der Waals surface area contributed by atoms with Gasteiger partial charge in [-0.05, 0) is 116 Å². The van der Waals surface area contributed by atoms with Gasteiger partial charge in [0.2, 0.25) is 0 Å². The zero-order valence-corrected chi connectivity index (χ0v) is 23.6. The van der Waals surface area contributed by atoms with E-state index >= 15 is 0 Å². The molecule has 5 rings (SSSR count). The second kappa shape index (κ2) is 10.3. The molecule has 8 atom stereocenters. The highest BCUT2D eigenvalue weighted by molar-refractivity contribution is 5.89. The van der Waals surface area contributed by atoms with Crippen molar-refractivity contribution in [3.63, 3.8) is 0 Å². The molecule has 0 amide bonds. The van der Waals surface area contributed by atoms with Crippen LogP contribution in [-0.2, 0) is 4.74 Å². The van der Waals surface area contributed by atoms with Gasteiger partial charge in [-0.15, -0.1) is 0 Å². The average Bonchev–Trinajstić information content (AvgIpc) is 3.22. The van der Waals surface area contributed by atoms with E-state index in [9.17, 15) is 4.79 Å². The first-order valence-corrected chi connectivity index (χ1v) is 15.2. The quantitative estimate of drug-likeness (QED) is 0.281. The van der Waals surface area contributed by atoms with Crippen LogP contribution in [-0.4, -0.2) is 12.1 Å². The number of ether oxygens (including phenoxy) is 1. The predicted molar refractivity (Wildman–Crippen MR) is 149 cm³/mol. The topological polar surface area (TPSA) is 26.3 Å². The van der Waals surface area contributed by atoms with Crippen LogP contribution in [0.5, 0.6) is 0 Å². The average molecular weight is 491 g/mol. The monoisotopic (exact) mass is 490 g/mol. The minimum Gasteiger partial charge on any atom is -0.455 e. The summed E-state index contributed by atoms with van der Waals surface area (Å²) in [7, 11) is 0. The Morgan fingerprint density at radius 2 is 1.72 bits per heavy atom. The summed E-state index contributed by atoms with van der Waals surface area (Å²) in [6.07, 6.45) is 17.0. The molecule has 2 heteroatoms. The summed E-state index contributed by atoms with van der Waals surface area (Å²) in [5.41, 5.74) is 3.12. The maximum absolute atomic E-state index is 12.7. The van der Waals surface area contributed by atoms with Crippen molar-refractivity contribution in [2.24, 2.45) is 46.3 Å². The Bertz CT molecular complexity index is 947. The van der Waals surface area contributed by atoms with Gasteiger partial charge in [0, 0.05) is 0 Å². The number of carbonyl (C=O) groups excluding carboxylic acids is 1. The standard InChI is InChI=1S/C34H50O2/c1-23(2)10-9-11-24(3)29-16-17-30-28-15-14-26-22-27(36-32(35)25-12-7-6-8-13-25)18-20-33(26,4)31(28)19-21-34(29,30)5/h6-8,12-13,22-24,27-31H,9-11,14-21H2,1-5H3/t24-,27+,28-,29+,30-,31-,33+,34-/m1/s1. The van der Waals surface area contributed by atoms with E-state index in [1.807, 2.05) is 30.3 Å². The van der Waals surface area contributed by atoms with E-state index in [4.69, 9.17) is 4.74 Å². The molecule has 4 aliphatic rings. The van der Waals surface area contributed by atoms with Crippen molar-refractivity contribution in [2.45, 2.75) is 111 Å². The van der Waals surface area contributed by atoms with Gasteiger partial charge in [0.25, 0.3) is 0 Å². The molecular formula is C34H50O2. The summed E-state index contributed by atoms with van der Waals surface area (Å²) in [5, 5.41) is 0. The first-order valence-electron chi connectivity index (χ1n) is 15.2. The lowest BCUT2D eigenvalue weighted by Gasteiger charge is -2.59. The fraction of sp³-hybridized carbons (Fsp3) is 0.735. The molecule has 0 aromatic heterocycles. The molecule has 0 bridgehead atoms. The minimum absolute atomic E-state index is 0.0614. The molecule has 0 radical (unpaired) electrons. The zero-order valence-electron chi connectivity index (χ0n) is 23.6. The van der Waals surface area contributed by atoms with E-state index in [2.05, 4.69) is 40.7 Å². The Hall–Kier alpha value is -1.57. The summed E-state index contributed by atoms with van der Waals surface area (Å²) < 4.78 is 5.96. The highest BCUT2D eigenvalue weighted by atomic mass is 16.5. The van der Waals surface area contributed by atoms with Gasteiger partial charge in [-0.3, -0.25) is 0 Å². The minimum atomic E-state index is -0.178. The van der Waals surface area contributed by atoms with Crippen molar-refractivity contribution in [1.29, 1.82) is 0 Å². The Kier molecular flexibility index (Phi) is 7.45. The van der Waals surface area contributed by atoms with Crippen LogP contribution >= 0.6 is 0 Å². The van der Waals surface area contributed by atoms with Gasteiger partial charge in [-0.1, -0.05) is 77.7 Å². The van der Waals surface area contributed by atoms with Gasteiger partial charge in [-0.2, -0.15) is 0 Å². The number of carbonyl (C=O) groups is 1. The first kappa shape index (κ1) is 26.1. The number of allylic oxidation sites excluding steroid dienone is 1. The molecule has 4 aliphatic carbocycles. The zero-order chi connectivity index (χ0) is 25.5. The highest BCUT2D eigenvalue weighted by Crippen LogP contribution is 2.67. The van der Waals surface area contributed by atoms with Crippen LogP contribution in [0.15, 0.2) is 42.0 Å².